The van der Waals surface area contributed by atoms with Gasteiger partial charge >= 0.3 is 0 Å². The zero-order valence-corrected chi connectivity index (χ0v) is 17.2. The van der Waals surface area contributed by atoms with Crippen molar-refractivity contribution in [1.29, 1.82) is 0 Å². The number of nitrogens with zero attached hydrogens (tertiary/aromatic N) is 1. The lowest BCUT2D eigenvalue weighted by molar-refractivity contribution is -0.116. The molecule has 0 aliphatic rings. The molecule has 0 aliphatic heterocycles. The molecule has 0 aromatic heterocycles. The molecule has 1 amide bonds. The molecule has 0 saturated heterocycles. The van der Waals surface area contributed by atoms with Crippen LogP contribution in [0.25, 0.3) is 0 Å². The molecule has 2 aromatic carbocycles. The average Bonchev–Trinajstić information content (AvgIpc) is 2.64. The van der Waals surface area contributed by atoms with Crippen LogP contribution >= 0.6 is 0 Å². The molecule has 5 nitrogen and oxygen atoms in total. The van der Waals surface area contributed by atoms with Crippen molar-refractivity contribution in [2.24, 2.45) is 0 Å². The zero-order valence-electron chi connectivity index (χ0n) is 16.4. The van der Waals surface area contributed by atoms with Gasteiger partial charge in [-0.1, -0.05) is 57.2 Å². The molecule has 0 heterocycles. The Morgan fingerprint density at radius 3 is 2.30 bits per heavy atom. The molecular formula is C21H28N2O3S. The number of benzene rings is 2. The number of aryl methyl sites for hydroxylation is 1. The summed E-state index contributed by atoms with van der Waals surface area (Å²) in [5.74, 6) is -0.0584. The molecule has 0 aliphatic carbocycles. The van der Waals surface area contributed by atoms with E-state index in [0.29, 0.717) is 30.8 Å². The maximum Gasteiger partial charge on any atom is 0.243 e. The van der Waals surface area contributed by atoms with Gasteiger partial charge in [0, 0.05) is 25.2 Å². The van der Waals surface area contributed by atoms with E-state index in [1.165, 1.54) is 4.31 Å². The number of hydrogen-bond donors (Lipinski definition) is 1. The third kappa shape index (κ3) is 5.17. The first-order chi connectivity index (χ1) is 12.8. The van der Waals surface area contributed by atoms with Crippen LogP contribution in [0.3, 0.4) is 0 Å². The van der Waals surface area contributed by atoms with Crippen molar-refractivity contribution in [3.05, 3.63) is 59.7 Å². The lowest BCUT2D eigenvalue weighted by atomic mass is 9.97. The second-order valence-corrected chi connectivity index (χ2v) is 8.54. The number of anilines is 1. The van der Waals surface area contributed by atoms with Gasteiger partial charge in [0.25, 0.3) is 0 Å². The van der Waals surface area contributed by atoms with Crippen molar-refractivity contribution in [1.82, 2.24) is 4.31 Å². The van der Waals surface area contributed by atoms with E-state index in [-0.39, 0.29) is 16.7 Å². The zero-order chi connectivity index (χ0) is 20.0. The van der Waals surface area contributed by atoms with Crippen LogP contribution in [-0.2, 0) is 14.8 Å². The Morgan fingerprint density at radius 2 is 1.70 bits per heavy atom. The summed E-state index contributed by atoms with van der Waals surface area (Å²) < 4.78 is 27.1. The van der Waals surface area contributed by atoms with Crippen LogP contribution in [0.4, 0.5) is 5.69 Å². The van der Waals surface area contributed by atoms with Crippen LogP contribution in [0.15, 0.2) is 53.4 Å². The third-order valence-corrected chi connectivity index (χ3v) is 6.85. The second kappa shape index (κ2) is 9.15. The predicted molar refractivity (Wildman–Crippen MR) is 109 cm³/mol. The number of hydrogen-bond acceptors (Lipinski definition) is 3. The van der Waals surface area contributed by atoms with Gasteiger partial charge in [0.1, 0.15) is 0 Å². The maximum atomic E-state index is 12.8. The largest absolute Gasteiger partial charge is 0.326 e. The van der Waals surface area contributed by atoms with Gasteiger partial charge in [-0.15, -0.1) is 0 Å². The molecule has 1 N–H and O–H groups in total. The van der Waals surface area contributed by atoms with Crippen LogP contribution in [0.1, 0.15) is 44.2 Å². The normalized spacial score (nSPS) is 12.8. The quantitative estimate of drug-likeness (QED) is 0.738. The van der Waals surface area contributed by atoms with Gasteiger partial charge in [0.15, 0.2) is 0 Å². The molecule has 146 valence electrons. The summed E-state index contributed by atoms with van der Waals surface area (Å²) in [4.78, 5) is 12.7. The van der Waals surface area contributed by atoms with E-state index >= 15 is 0 Å². The predicted octanol–water partition coefficient (Wildman–Crippen LogP) is 4.16. The molecule has 6 heteroatoms. The number of sulfonamides is 1. The molecule has 2 rings (SSSR count). The van der Waals surface area contributed by atoms with Crippen molar-refractivity contribution < 1.29 is 13.2 Å². The fourth-order valence-electron chi connectivity index (χ4n) is 3.05. The van der Waals surface area contributed by atoms with Gasteiger partial charge in [-0.2, -0.15) is 4.31 Å². The Hall–Kier alpha value is -2.18. The fraction of sp³-hybridized carbons (Fsp3) is 0.381. The fourth-order valence-corrected chi connectivity index (χ4v) is 4.76. The van der Waals surface area contributed by atoms with Crippen LogP contribution in [0.5, 0.6) is 0 Å². The number of amides is 1. The molecule has 0 spiro atoms. The summed E-state index contributed by atoms with van der Waals surface area (Å²) in [6, 6.07) is 14.9. The number of carbonyl (C=O) groups excluding carboxylic acids is 1. The number of rotatable bonds is 8. The summed E-state index contributed by atoms with van der Waals surface area (Å²) in [5, 5.41) is 2.84. The SMILES string of the molecule is CCN(CC)S(=O)(=O)c1cc(NC(=O)C[C@@H](C)c2ccccc2)ccc1C. The van der Waals surface area contributed by atoms with E-state index < -0.39 is 10.0 Å². The summed E-state index contributed by atoms with van der Waals surface area (Å²) in [5.41, 5.74) is 2.26. The summed E-state index contributed by atoms with van der Waals surface area (Å²) >= 11 is 0. The topological polar surface area (TPSA) is 66.5 Å². The smallest absolute Gasteiger partial charge is 0.243 e. The van der Waals surface area contributed by atoms with Gasteiger partial charge in [-0.3, -0.25) is 4.79 Å². The van der Waals surface area contributed by atoms with E-state index in [2.05, 4.69) is 5.32 Å². The number of nitrogens with one attached hydrogen (secondary N) is 1. The minimum atomic E-state index is -3.57. The highest BCUT2D eigenvalue weighted by Gasteiger charge is 2.24. The monoisotopic (exact) mass is 388 g/mol. The highest BCUT2D eigenvalue weighted by molar-refractivity contribution is 7.89. The van der Waals surface area contributed by atoms with Gasteiger partial charge in [-0.25, -0.2) is 8.42 Å². The average molecular weight is 389 g/mol. The highest BCUT2D eigenvalue weighted by Crippen LogP contribution is 2.25. The standard InChI is InChI=1S/C21H28N2O3S/c1-5-23(6-2)27(25,26)20-15-19(13-12-16(20)3)22-21(24)14-17(4)18-10-8-7-9-11-18/h7-13,15,17H,5-6,14H2,1-4H3,(H,22,24)/t17-/m1/s1. The van der Waals surface area contributed by atoms with Crippen LogP contribution in [0, 0.1) is 6.92 Å². The van der Waals surface area contributed by atoms with E-state index in [1.807, 2.05) is 51.1 Å². The van der Waals surface area contributed by atoms with E-state index in [1.54, 1.807) is 25.1 Å². The Morgan fingerprint density at radius 1 is 1.07 bits per heavy atom. The molecule has 0 fully saturated rings. The summed E-state index contributed by atoms with van der Waals surface area (Å²) in [6.07, 6.45) is 0.329. The first-order valence-corrected chi connectivity index (χ1v) is 10.7. The minimum absolute atomic E-state index is 0.0792. The van der Waals surface area contributed by atoms with Gasteiger partial charge < -0.3 is 5.32 Å². The van der Waals surface area contributed by atoms with Crippen LogP contribution in [0.2, 0.25) is 0 Å². The Labute approximate surface area is 162 Å². The Bertz CT molecular complexity index is 876. The van der Waals surface area contributed by atoms with E-state index in [4.69, 9.17) is 0 Å². The second-order valence-electron chi connectivity index (χ2n) is 6.63. The molecule has 0 radical (unpaired) electrons. The lowest BCUT2D eigenvalue weighted by Crippen LogP contribution is -2.31. The molecule has 27 heavy (non-hydrogen) atoms. The van der Waals surface area contributed by atoms with Gasteiger partial charge in [0.05, 0.1) is 4.90 Å². The third-order valence-electron chi connectivity index (χ3n) is 4.66. The lowest BCUT2D eigenvalue weighted by Gasteiger charge is -2.20. The highest BCUT2D eigenvalue weighted by atomic mass is 32.2. The van der Waals surface area contributed by atoms with Crippen LogP contribution in [-0.4, -0.2) is 31.7 Å². The molecule has 0 unspecified atom stereocenters. The molecule has 1 atom stereocenters. The molecule has 2 aromatic rings. The summed E-state index contributed by atoms with van der Waals surface area (Å²) in [6.45, 7) is 8.20. The first kappa shape index (κ1) is 21.1. The van der Waals surface area contributed by atoms with E-state index in [9.17, 15) is 13.2 Å². The molecular weight excluding hydrogens is 360 g/mol. The summed E-state index contributed by atoms with van der Waals surface area (Å²) in [7, 11) is -3.57. The minimum Gasteiger partial charge on any atom is -0.326 e. The van der Waals surface area contributed by atoms with Gasteiger partial charge in [-0.05, 0) is 36.1 Å². The van der Waals surface area contributed by atoms with E-state index in [0.717, 1.165) is 5.56 Å². The maximum absolute atomic E-state index is 12.8. The molecule has 0 bridgehead atoms. The number of carbonyl (C=O) groups is 1. The van der Waals surface area contributed by atoms with Crippen molar-refractivity contribution >= 4 is 21.6 Å². The molecule has 0 saturated carbocycles. The van der Waals surface area contributed by atoms with Crippen molar-refractivity contribution in [3.63, 3.8) is 0 Å². The first-order valence-electron chi connectivity index (χ1n) is 9.25. The Balaban J connectivity index is 2.17. The van der Waals surface area contributed by atoms with Crippen molar-refractivity contribution in [3.8, 4) is 0 Å². The van der Waals surface area contributed by atoms with Crippen molar-refractivity contribution in [2.75, 3.05) is 18.4 Å². The Kier molecular flexibility index (Phi) is 7.16. The van der Waals surface area contributed by atoms with Crippen molar-refractivity contribution in [2.45, 2.75) is 44.9 Å². The van der Waals surface area contributed by atoms with Gasteiger partial charge in [0.2, 0.25) is 15.9 Å². The van der Waals surface area contributed by atoms with Crippen LogP contribution < -0.4 is 5.32 Å².